The lowest BCUT2D eigenvalue weighted by Crippen LogP contribution is -2.21. The van der Waals surface area contributed by atoms with Gasteiger partial charge in [0.05, 0.1) is 6.20 Å². The zero-order chi connectivity index (χ0) is 20.1. The van der Waals surface area contributed by atoms with Gasteiger partial charge in [-0.1, -0.05) is 30.7 Å². The summed E-state index contributed by atoms with van der Waals surface area (Å²) in [5, 5.41) is 10.7. The van der Waals surface area contributed by atoms with Crippen LogP contribution < -0.4 is 10.6 Å². The van der Waals surface area contributed by atoms with Crippen molar-refractivity contribution >= 4 is 29.1 Å². The van der Waals surface area contributed by atoms with Crippen molar-refractivity contribution in [2.45, 2.75) is 26.1 Å². The number of alkyl halides is 1. The number of anilines is 1. The van der Waals surface area contributed by atoms with Gasteiger partial charge in [-0.25, -0.2) is 13.9 Å². The minimum absolute atomic E-state index is 0.0701. The molecule has 28 heavy (non-hydrogen) atoms. The maximum absolute atomic E-state index is 13.3. The highest BCUT2D eigenvalue weighted by atomic mass is 32.1. The molecule has 1 aliphatic rings. The number of aromatic nitrogens is 1. The molecule has 1 aliphatic heterocycles. The van der Waals surface area contributed by atoms with Crippen LogP contribution in [0.5, 0.6) is 0 Å². The van der Waals surface area contributed by atoms with Gasteiger partial charge >= 0.3 is 0 Å². The van der Waals surface area contributed by atoms with Crippen LogP contribution in [0.3, 0.4) is 0 Å². The molecule has 8 heteroatoms. The summed E-state index contributed by atoms with van der Waals surface area (Å²) in [6.07, 6.45) is 7.67. The third kappa shape index (κ3) is 5.04. The molecule has 2 N–H and O–H groups in total. The molecule has 2 heterocycles. The summed E-state index contributed by atoms with van der Waals surface area (Å²) >= 11 is 1.06. The van der Waals surface area contributed by atoms with E-state index in [2.05, 4.69) is 20.9 Å². The zero-order valence-electron chi connectivity index (χ0n) is 15.9. The maximum atomic E-state index is 13.3. The summed E-state index contributed by atoms with van der Waals surface area (Å²) in [6, 6.07) is 7.44. The highest BCUT2D eigenvalue weighted by Gasteiger charge is 2.14. The minimum Gasteiger partial charge on any atom is -0.683 e. The summed E-state index contributed by atoms with van der Waals surface area (Å²) in [5.41, 5.74) is 2.66. The van der Waals surface area contributed by atoms with Crippen molar-refractivity contribution in [2.24, 2.45) is 0 Å². The largest absolute Gasteiger partial charge is 0.683 e. The fraction of sp³-hybridized carbons (Fsp3) is 0.250. The lowest BCUT2D eigenvalue weighted by Gasteiger charge is -2.26. The lowest BCUT2D eigenvalue weighted by molar-refractivity contribution is -0.429. The molecule has 0 saturated carbocycles. The maximum Gasteiger partial charge on any atom is 0.267 e. The molecule has 0 fully saturated rings. The third-order valence-corrected chi connectivity index (χ3v) is 5.18. The van der Waals surface area contributed by atoms with E-state index in [1.807, 2.05) is 49.2 Å². The predicted octanol–water partition coefficient (Wildman–Crippen LogP) is 4.49. The summed E-state index contributed by atoms with van der Waals surface area (Å²) in [4.78, 5) is 16.7. The molecular formula is C20H22FN5OS. The van der Waals surface area contributed by atoms with Crippen molar-refractivity contribution in [1.29, 1.82) is 0 Å². The Morgan fingerprint density at radius 1 is 1.39 bits per heavy atom. The van der Waals surface area contributed by atoms with Gasteiger partial charge in [-0.15, -0.1) is 11.3 Å². The summed E-state index contributed by atoms with van der Waals surface area (Å²) in [6.45, 7) is 3.38. The molecule has 0 spiro atoms. The molecule has 1 amide bonds. The molecule has 0 saturated heterocycles. The quantitative estimate of drug-likeness (QED) is 0.643. The molecule has 146 valence electrons. The topological polar surface area (TPSA) is 71.1 Å². The molecule has 2 unspecified atom stereocenters. The summed E-state index contributed by atoms with van der Waals surface area (Å²) < 4.78 is 15.2. The smallest absolute Gasteiger partial charge is 0.267 e. The number of carbonyl (C=O) groups is 1. The van der Waals surface area contributed by atoms with E-state index in [-0.39, 0.29) is 11.9 Å². The number of benzene rings is 1. The number of thiazole rings is 1. The Morgan fingerprint density at radius 2 is 2.18 bits per heavy atom. The highest BCUT2D eigenvalue weighted by Crippen LogP contribution is 2.26. The summed E-state index contributed by atoms with van der Waals surface area (Å²) in [5.74, 6) is -0.301. The van der Waals surface area contributed by atoms with E-state index in [4.69, 9.17) is 0 Å². The second-order valence-electron chi connectivity index (χ2n) is 6.42. The van der Waals surface area contributed by atoms with Crippen LogP contribution in [0.2, 0.25) is 0 Å². The van der Waals surface area contributed by atoms with E-state index in [0.717, 1.165) is 22.6 Å². The minimum atomic E-state index is -1.18. The van der Waals surface area contributed by atoms with E-state index in [9.17, 15) is 9.18 Å². The number of nitrogens with one attached hydrogen (secondary N) is 2. The normalized spacial score (nSPS) is 15.3. The first-order valence-corrected chi connectivity index (χ1v) is 9.65. The van der Waals surface area contributed by atoms with Crippen LogP contribution in [0.15, 0.2) is 54.8 Å². The average molecular weight is 399 g/mol. The van der Waals surface area contributed by atoms with Crippen molar-refractivity contribution in [2.75, 3.05) is 12.4 Å². The van der Waals surface area contributed by atoms with Gasteiger partial charge in [0, 0.05) is 5.69 Å². The Bertz CT molecular complexity index is 948. The molecular weight excluding hydrogens is 377 g/mol. The average Bonchev–Trinajstić information content (AvgIpc) is 3.14. The number of hydrogen-bond acceptors (Lipinski definition) is 4. The van der Waals surface area contributed by atoms with Crippen molar-refractivity contribution in [3.05, 3.63) is 75.5 Å². The molecule has 2 atom stereocenters. The SMILES string of the molecule is CC(F)c1ncc(C(=O)Nc2cccc(C(C)[N-]C=CNC3=C[N+](C)=C3)c2)s1. The Labute approximate surface area is 167 Å². The summed E-state index contributed by atoms with van der Waals surface area (Å²) in [7, 11) is 1.96. The number of allylic oxidation sites excluding steroid dienone is 1. The van der Waals surface area contributed by atoms with Crippen LogP contribution in [0.25, 0.3) is 5.32 Å². The van der Waals surface area contributed by atoms with Gasteiger partial charge < -0.3 is 16.0 Å². The van der Waals surface area contributed by atoms with Crippen molar-refractivity contribution in [3.8, 4) is 0 Å². The van der Waals surface area contributed by atoms with Crippen LogP contribution in [-0.4, -0.2) is 28.7 Å². The van der Waals surface area contributed by atoms with E-state index >= 15 is 0 Å². The third-order valence-electron chi connectivity index (χ3n) is 4.03. The van der Waals surface area contributed by atoms with E-state index in [1.54, 1.807) is 18.5 Å². The van der Waals surface area contributed by atoms with Crippen LogP contribution >= 0.6 is 11.3 Å². The number of nitrogens with zero attached hydrogens (tertiary/aromatic N) is 3. The molecule has 0 aliphatic carbocycles. The van der Waals surface area contributed by atoms with Crippen molar-refractivity contribution in [3.63, 3.8) is 0 Å². The fourth-order valence-corrected chi connectivity index (χ4v) is 3.28. The van der Waals surface area contributed by atoms with E-state index in [0.29, 0.717) is 15.6 Å². The number of carbonyl (C=O) groups excluding carboxylic acids is 1. The van der Waals surface area contributed by atoms with Crippen molar-refractivity contribution in [1.82, 2.24) is 10.3 Å². The van der Waals surface area contributed by atoms with Crippen LogP contribution in [0, 0.1) is 0 Å². The van der Waals surface area contributed by atoms with Gasteiger partial charge in [-0.05, 0) is 25.3 Å². The van der Waals surface area contributed by atoms with Crippen LogP contribution in [0.4, 0.5) is 10.1 Å². The molecule has 6 nitrogen and oxygen atoms in total. The number of rotatable bonds is 8. The van der Waals surface area contributed by atoms with Gasteiger partial charge in [0.1, 0.15) is 23.1 Å². The van der Waals surface area contributed by atoms with Crippen LogP contribution in [0.1, 0.15) is 46.3 Å². The lowest BCUT2D eigenvalue weighted by atomic mass is 10.1. The molecule has 0 radical (unpaired) electrons. The Kier molecular flexibility index (Phi) is 6.20. The first kappa shape index (κ1) is 19.8. The monoisotopic (exact) mass is 399 g/mol. The van der Waals surface area contributed by atoms with Gasteiger partial charge in [0.25, 0.3) is 5.91 Å². The second-order valence-corrected chi connectivity index (χ2v) is 7.48. The van der Waals surface area contributed by atoms with Gasteiger partial charge in [0.15, 0.2) is 18.1 Å². The number of amides is 1. The Balaban J connectivity index is 1.55. The van der Waals surface area contributed by atoms with Crippen LogP contribution in [-0.2, 0) is 0 Å². The molecule has 0 bridgehead atoms. The highest BCUT2D eigenvalue weighted by molar-refractivity contribution is 7.13. The molecule has 2 aromatic rings. The van der Waals surface area contributed by atoms with Gasteiger partial charge in [-0.2, -0.15) is 6.20 Å². The Hall–Kier alpha value is -3.00. The van der Waals surface area contributed by atoms with E-state index in [1.165, 1.54) is 13.1 Å². The standard InChI is InChI=1S/C20H22FN5OS/c1-13(21)20-24-10-18(28-20)19(27)25-16-6-4-5-15(9-16)14(2)22-7-8-23-17-11-26(3)12-17/h4-14,23H,1-3H3,(H,25,27). The molecule has 3 rings (SSSR count). The number of halogens is 1. The second kappa shape index (κ2) is 8.79. The van der Waals surface area contributed by atoms with Crippen molar-refractivity contribution < 1.29 is 13.8 Å². The number of hydrogen-bond donors (Lipinski definition) is 2. The predicted molar refractivity (Wildman–Crippen MR) is 110 cm³/mol. The zero-order valence-corrected chi connectivity index (χ0v) is 16.7. The van der Waals surface area contributed by atoms with Gasteiger partial charge in [0.2, 0.25) is 0 Å². The Morgan fingerprint density at radius 3 is 2.86 bits per heavy atom. The molecule has 1 aromatic carbocycles. The van der Waals surface area contributed by atoms with E-state index < -0.39 is 6.17 Å². The van der Waals surface area contributed by atoms with Gasteiger partial charge in [-0.3, -0.25) is 4.79 Å². The molecule has 1 aromatic heterocycles. The first-order chi connectivity index (χ1) is 13.4. The first-order valence-electron chi connectivity index (χ1n) is 8.83. The fourth-order valence-electron chi connectivity index (χ4n) is 2.54.